The number of hydrogen-bond acceptors (Lipinski definition) is 2. The number of carbonyl (C=O) groups excluding carboxylic acids is 1. The summed E-state index contributed by atoms with van der Waals surface area (Å²) in [4.78, 5) is 12.5. The summed E-state index contributed by atoms with van der Waals surface area (Å²) < 4.78 is 5.46. The molecule has 0 N–H and O–H groups in total. The number of rotatable bonds is 2. The number of hydrogen-bond donors (Lipinski definition) is 0. The zero-order valence-corrected chi connectivity index (χ0v) is 13.8. The first-order chi connectivity index (χ1) is 10.7. The molecule has 2 atom stereocenters. The summed E-state index contributed by atoms with van der Waals surface area (Å²) in [6.45, 7) is 2.21. The summed E-state index contributed by atoms with van der Waals surface area (Å²) in [6.07, 6.45) is 11.8. The van der Waals surface area contributed by atoms with Crippen molar-refractivity contribution in [2.24, 2.45) is 11.3 Å². The molecule has 0 aromatic rings. The molecule has 0 aromatic carbocycles. The molecule has 0 saturated heterocycles. The Morgan fingerprint density at radius 3 is 2.86 bits per heavy atom. The van der Waals surface area contributed by atoms with Gasteiger partial charge < -0.3 is 4.74 Å². The minimum atomic E-state index is -0.0634. The zero-order chi connectivity index (χ0) is 15.3. The molecule has 4 aliphatic rings. The standard InChI is InChI=1S/C20H26O2/c1-3-20-11-10-16-15-7-5-14(22-2)12-13(15)4-6-17(16)18(20)8-9-19(20)21/h5,16H,3-4,6-12H2,1-2H3/t16-,20+/m1/s1. The van der Waals surface area contributed by atoms with Crippen molar-refractivity contribution in [3.05, 3.63) is 34.1 Å². The van der Waals surface area contributed by atoms with E-state index in [4.69, 9.17) is 4.74 Å². The fourth-order valence-electron chi connectivity index (χ4n) is 5.56. The van der Waals surface area contributed by atoms with Crippen LogP contribution in [0.5, 0.6) is 0 Å². The zero-order valence-electron chi connectivity index (χ0n) is 13.8. The molecule has 2 nitrogen and oxygen atoms in total. The molecular weight excluding hydrogens is 272 g/mol. The molecule has 2 heteroatoms. The third-order valence-electron chi connectivity index (χ3n) is 6.76. The monoisotopic (exact) mass is 298 g/mol. The fourth-order valence-corrected chi connectivity index (χ4v) is 5.56. The molecule has 0 unspecified atom stereocenters. The number of carbonyl (C=O) groups is 1. The van der Waals surface area contributed by atoms with E-state index in [2.05, 4.69) is 13.0 Å². The second kappa shape index (κ2) is 5.11. The van der Waals surface area contributed by atoms with Gasteiger partial charge in [0.1, 0.15) is 5.78 Å². The summed E-state index contributed by atoms with van der Waals surface area (Å²) in [5, 5.41) is 0. The van der Waals surface area contributed by atoms with Crippen molar-refractivity contribution in [2.45, 2.75) is 64.7 Å². The average molecular weight is 298 g/mol. The maximum atomic E-state index is 12.5. The lowest BCUT2D eigenvalue weighted by molar-refractivity contribution is -0.125. The van der Waals surface area contributed by atoms with Gasteiger partial charge in [-0.2, -0.15) is 0 Å². The van der Waals surface area contributed by atoms with Crippen LogP contribution in [-0.2, 0) is 9.53 Å². The van der Waals surface area contributed by atoms with Crippen LogP contribution in [0.1, 0.15) is 64.7 Å². The van der Waals surface area contributed by atoms with Gasteiger partial charge in [-0.25, -0.2) is 0 Å². The molecule has 1 fully saturated rings. The largest absolute Gasteiger partial charge is 0.501 e. The van der Waals surface area contributed by atoms with Gasteiger partial charge in [0.15, 0.2) is 0 Å². The van der Waals surface area contributed by atoms with Gasteiger partial charge in [-0.1, -0.05) is 29.2 Å². The van der Waals surface area contributed by atoms with Gasteiger partial charge >= 0.3 is 0 Å². The predicted molar refractivity (Wildman–Crippen MR) is 87.3 cm³/mol. The SMILES string of the molecule is CC[C@]12CC[C@@H]3C4=C(CCC3=C1CCC2=O)CC(OC)=CC4. The fraction of sp³-hybridized carbons (Fsp3) is 0.650. The lowest BCUT2D eigenvalue weighted by Crippen LogP contribution is -2.35. The molecule has 0 spiro atoms. The van der Waals surface area contributed by atoms with Crippen molar-refractivity contribution in [1.29, 1.82) is 0 Å². The maximum absolute atomic E-state index is 12.5. The number of methoxy groups -OCH3 is 1. The van der Waals surface area contributed by atoms with Crippen LogP contribution in [0.2, 0.25) is 0 Å². The molecule has 1 saturated carbocycles. The first-order valence-corrected chi connectivity index (χ1v) is 8.89. The highest BCUT2D eigenvalue weighted by atomic mass is 16.5. The quantitative estimate of drug-likeness (QED) is 0.680. The molecule has 0 heterocycles. The molecule has 0 amide bonds. The lowest BCUT2D eigenvalue weighted by Gasteiger charge is -2.43. The van der Waals surface area contributed by atoms with Gasteiger partial charge in [0, 0.05) is 24.2 Å². The summed E-state index contributed by atoms with van der Waals surface area (Å²) in [5.41, 5.74) is 6.45. The maximum Gasteiger partial charge on any atom is 0.143 e. The van der Waals surface area contributed by atoms with E-state index in [9.17, 15) is 4.79 Å². The smallest absolute Gasteiger partial charge is 0.143 e. The number of fused-ring (bicyclic) bond motifs is 3. The average Bonchev–Trinajstić information content (AvgIpc) is 2.91. The number of ketones is 1. The van der Waals surface area contributed by atoms with E-state index in [0.29, 0.717) is 11.7 Å². The second-order valence-electron chi connectivity index (χ2n) is 7.34. The first kappa shape index (κ1) is 14.3. The van der Waals surface area contributed by atoms with E-state index >= 15 is 0 Å². The lowest BCUT2D eigenvalue weighted by atomic mass is 9.61. The van der Waals surface area contributed by atoms with E-state index in [1.807, 2.05) is 0 Å². The highest BCUT2D eigenvalue weighted by Gasteiger charge is 2.50. The van der Waals surface area contributed by atoms with Crippen molar-refractivity contribution in [3.8, 4) is 0 Å². The highest BCUT2D eigenvalue weighted by Crippen LogP contribution is 2.57. The molecule has 4 rings (SSSR count). The Morgan fingerprint density at radius 1 is 1.23 bits per heavy atom. The Kier molecular flexibility index (Phi) is 3.32. The third-order valence-corrected chi connectivity index (χ3v) is 6.76. The van der Waals surface area contributed by atoms with Crippen LogP contribution in [0, 0.1) is 11.3 Å². The summed E-state index contributed by atoms with van der Waals surface area (Å²) in [7, 11) is 1.79. The van der Waals surface area contributed by atoms with Crippen molar-refractivity contribution in [2.75, 3.05) is 7.11 Å². The van der Waals surface area contributed by atoms with E-state index in [1.165, 1.54) is 19.3 Å². The van der Waals surface area contributed by atoms with Crippen LogP contribution < -0.4 is 0 Å². The van der Waals surface area contributed by atoms with Crippen LogP contribution in [0.25, 0.3) is 0 Å². The second-order valence-corrected chi connectivity index (χ2v) is 7.34. The molecule has 118 valence electrons. The van der Waals surface area contributed by atoms with Crippen molar-refractivity contribution in [3.63, 3.8) is 0 Å². The molecule has 4 aliphatic carbocycles. The Balaban J connectivity index is 1.73. The van der Waals surface area contributed by atoms with Gasteiger partial charge in [-0.05, 0) is 51.0 Å². The van der Waals surface area contributed by atoms with Crippen molar-refractivity contribution >= 4 is 5.78 Å². The summed E-state index contributed by atoms with van der Waals surface area (Å²) in [5.74, 6) is 2.31. The minimum absolute atomic E-state index is 0.0634. The van der Waals surface area contributed by atoms with E-state index in [0.717, 1.165) is 44.3 Å². The van der Waals surface area contributed by atoms with Gasteiger partial charge in [0.05, 0.1) is 12.9 Å². The van der Waals surface area contributed by atoms with Crippen LogP contribution in [0.4, 0.5) is 0 Å². The van der Waals surface area contributed by atoms with Crippen molar-refractivity contribution < 1.29 is 9.53 Å². The van der Waals surface area contributed by atoms with E-state index in [1.54, 1.807) is 29.4 Å². The molecule has 22 heavy (non-hydrogen) atoms. The topological polar surface area (TPSA) is 26.3 Å². The predicted octanol–water partition coefficient (Wildman–Crippen LogP) is 4.87. The van der Waals surface area contributed by atoms with Crippen LogP contribution in [0.15, 0.2) is 34.1 Å². The van der Waals surface area contributed by atoms with E-state index in [-0.39, 0.29) is 5.41 Å². The molecular formula is C20H26O2. The van der Waals surface area contributed by atoms with Gasteiger partial charge in [-0.3, -0.25) is 4.79 Å². The Morgan fingerprint density at radius 2 is 2.09 bits per heavy atom. The summed E-state index contributed by atoms with van der Waals surface area (Å²) >= 11 is 0. The number of ether oxygens (including phenoxy) is 1. The summed E-state index contributed by atoms with van der Waals surface area (Å²) in [6, 6.07) is 0. The minimum Gasteiger partial charge on any atom is -0.501 e. The molecule has 0 radical (unpaired) electrons. The van der Waals surface area contributed by atoms with Gasteiger partial charge in [0.2, 0.25) is 0 Å². The third kappa shape index (κ3) is 1.82. The normalized spacial score (nSPS) is 34.2. The first-order valence-electron chi connectivity index (χ1n) is 8.89. The Hall–Kier alpha value is -1.31. The van der Waals surface area contributed by atoms with Crippen LogP contribution in [-0.4, -0.2) is 12.9 Å². The van der Waals surface area contributed by atoms with Crippen LogP contribution in [0.3, 0.4) is 0 Å². The Bertz CT molecular complexity index is 620. The van der Waals surface area contributed by atoms with Gasteiger partial charge in [-0.15, -0.1) is 0 Å². The van der Waals surface area contributed by atoms with E-state index < -0.39 is 0 Å². The number of Topliss-reactive ketones (excluding diaryl/α,β-unsaturated/α-hetero) is 1. The number of allylic oxidation sites excluding steroid dienone is 5. The van der Waals surface area contributed by atoms with Crippen molar-refractivity contribution in [1.82, 2.24) is 0 Å². The van der Waals surface area contributed by atoms with Gasteiger partial charge in [0.25, 0.3) is 0 Å². The molecule has 0 bridgehead atoms. The molecule has 0 aromatic heterocycles. The Labute approximate surface area is 133 Å². The highest BCUT2D eigenvalue weighted by molar-refractivity contribution is 5.92. The van der Waals surface area contributed by atoms with Crippen LogP contribution >= 0.6 is 0 Å². The molecule has 0 aliphatic heterocycles.